The quantitative estimate of drug-likeness (QED) is 0.123. The number of nitrogens with one attached hydrogen (secondary N) is 1. The van der Waals surface area contributed by atoms with Gasteiger partial charge in [-0.1, -0.05) is 32.1 Å². The predicted octanol–water partition coefficient (Wildman–Crippen LogP) is 2.87. The molecule has 0 saturated carbocycles. The van der Waals surface area contributed by atoms with Gasteiger partial charge in [0, 0.05) is 61.0 Å². The van der Waals surface area contributed by atoms with Crippen LogP contribution < -0.4 is 5.32 Å². The minimum Gasteiger partial charge on any atom is -0.394 e. The molecule has 0 aromatic carbocycles. The van der Waals surface area contributed by atoms with Crippen molar-refractivity contribution in [1.29, 1.82) is 0 Å². The molecular weight excluding hydrogens is 654 g/mol. The second kappa shape index (κ2) is 30.1. The molecule has 7 N–H and O–H groups in total. The van der Waals surface area contributed by atoms with Crippen molar-refractivity contribution >= 4 is 12.7 Å². The standard InChI is InChI=1S/C39H33NO9.CH2O.22H2/c1-3-5-7-8-9-10-11-12-13-14-15-16-17-18-19-20-21-22-23-24-26-28-34(43)40-31(35(44)32(42)27-25-6-4-2)30-48-39-38(47)37(46)36(45)33(29-41)49-39;1-2;;;;;;;;;;;;;;;;;;;;;;/h31-33,35-39,41-42,44-47H,4,6,25,27,29-30H2,1-2H3,(H,40,43);1H2;22*1H/t31-,32+,33?,35-,36-,37-,38?,39-;;;;;;;;;;;;;;;;;;;;;;;/m0......................./s1. The van der Waals surface area contributed by atoms with Crippen molar-refractivity contribution in [3.05, 3.63) is 0 Å². The lowest BCUT2D eigenvalue weighted by atomic mass is 9.99. The van der Waals surface area contributed by atoms with Crippen LogP contribution in [0.2, 0.25) is 0 Å². The highest BCUT2D eigenvalue weighted by atomic mass is 16.7. The summed E-state index contributed by atoms with van der Waals surface area (Å²) in [5.41, 5.74) is 0. The van der Waals surface area contributed by atoms with Crippen LogP contribution in [0.1, 0.15) is 70.9 Å². The summed E-state index contributed by atoms with van der Waals surface area (Å²) in [6, 6.07) is -1.22. The predicted molar refractivity (Wildman–Crippen MR) is 233 cm³/mol. The molecule has 1 rings (SSSR count). The largest absolute Gasteiger partial charge is 0.394 e. The van der Waals surface area contributed by atoms with E-state index >= 15 is 0 Å². The Balaban J connectivity index is -0.0000000489. The summed E-state index contributed by atoms with van der Waals surface area (Å²) < 4.78 is 10.8. The van der Waals surface area contributed by atoms with E-state index in [4.69, 9.17) is 14.3 Å². The van der Waals surface area contributed by atoms with E-state index in [0.717, 1.165) is 12.8 Å². The Morgan fingerprint density at radius 2 is 1.20 bits per heavy atom. The van der Waals surface area contributed by atoms with Gasteiger partial charge in [0.05, 0.1) is 25.4 Å². The third-order valence-electron chi connectivity index (χ3n) is 6.00. The minimum atomic E-state index is -1.70. The van der Waals surface area contributed by atoms with Gasteiger partial charge in [-0.25, -0.2) is 0 Å². The fourth-order valence-corrected chi connectivity index (χ4v) is 3.59. The number of ether oxygens (including phenoxy) is 2. The maximum Gasteiger partial charge on any atom is 0.297 e. The van der Waals surface area contributed by atoms with Crippen LogP contribution >= 0.6 is 0 Å². The molecule has 0 aromatic heterocycles. The van der Waals surface area contributed by atoms with Crippen molar-refractivity contribution in [2.24, 2.45) is 0 Å². The molecule has 1 heterocycles. The van der Waals surface area contributed by atoms with Crippen LogP contribution in [-0.4, -0.2) is 106 Å². The topological polar surface area (TPSA) is 186 Å². The first-order chi connectivity index (χ1) is 24.8. The monoisotopic (exact) mass is 734 g/mol. The normalized spacial score (nSPS) is 18.7. The van der Waals surface area contributed by atoms with Crippen molar-refractivity contribution in [2.45, 2.75) is 88.5 Å². The molecule has 1 aliphatic heterocycles. The van der Waals surface area contributed by atoms with Crippen LogP contribution in [0.5, 0.6) is 0 Å². The Labute approximate surface area is 331 Å². The highest BCUT2D eigenvalue weighted by Gasteiger charge is 2.44. The molecule has 51 heavy (non-hydrogen) atoms. The second-order valence-electron chi connectivity index (χ2n) is 9.54. The number of hydrogen-bond donors (Lipinski definition) is 7. The van der Waals surface area contributed by atoms with Crippen molar-refractivity contribution in [1.82, 2.24) is 5.32 Å². The smallest absolute Gasteiger partial charge is 0.297 e. The molecule has 0 aliphatic carbocycles. The van der Waals surface area contributed by atoms with Crippen molar-refractivity contribution in [2.75, 3.05) is 13.2 Å². The number of unbranched alkanes of at least 4 members (excludes halogenated alkanes) is 2. The fraction of sp³-hybridized carbons (Fsp3) is 0.400. The number of carbonyl (C=O) groups is 2. The van der Waals surface area contributed by atoms with Gasteiger partial charge in [0.2, 0.25) is 0 Å². The van der Waals surface area contributed by atoms with Crippen LogP contribution in [0.3, 0.4) is 0 Å². The molecular formula is C40H79NO10. The van der Waals surface area contributed by atoms with Gasteiger partial charge < -0.3 is 50.2 Å². The van der Waals surface area contributed by atoms with Crippen LogP contribution in [0, 0.1) is 130 Å². The van der Waals surface area contributed by atoms with Crippen LogP contribution in [0.4, 0.5) is 0 Å². The molecule has 0 bridgehead atoms. The highest BCUT2D eigenvalue weighted by molar-refractivity contribution is 5.94. The summed E-state index contributed by atoms with van der Waals surface area (Å²) in [4.78, 5) is 20.5. The highest BCUT2D eigenvalue weighted by Crippen LogP contribution is 2.22. The van der Waals surface area contributed by atoms with Gasteiger partial charge in [0.1, 0.15) is 37.3 Å². The van der Waals surface area contributed by atoms with Gasteiger partial charge in [-0.3, -0.25) is 4.79 Å². The van der Waals surface area contributed by atoms with E-state index in [9.17, 15) is 35.4 Å². The number of aliphatic hydroxyl groups excluding tert-OH is 6. The maximum absolute atomic E-state index is 12.5. The number of aliphatic hydroxyl groups is 6. The third kappa shape index (κ3) is 20.8. The molecule has 1 saturated heterocycles. The lowest BCUT2D eigenvalue weighted by Gasteiger charge is -2.40. The zero-order chi connectivity index (χ0) is 38.1. The van der Waals surface area contributed by atoms with Crippen molar-refractivity contribution in [3.8, 4) is 130 Å². The van der Waals surface area contributed by atoms with Gasteiger partial charge in [-0.05, 0) is 108 Å². The first kappa shape index (κ1) is 45.0. The minimum absolute atomic E-state index is 0. The molecule has 304 valence electrons. The summed E-state index contributed by atoms with van der Waals surface area (Å²) in [6.07, 6.45) is -7.85. The van der Waals surface area contributed by atoms with Crippen LogP contribution in [0.15, 0.2) is 0 Å². The third-order valence-corrected chi connectivity index (χ3v) is 6.00. The Morgan fingerprint density at radius 3 is 1.63 bits per heavy atom. The summed E-state index contributed by atoms with van der Waals surface area (Å²) in [6.45, 7) is 4.49. The molecule has 2 unspecified atom stereocenters. The Hall–Kier alpha value is -6.02. The first-order valence-corrected chi connectivity index (χ1v) is 15.1. The first-order valence-electron chi connectivity index (χ1n) is 15.1. The number of carbonyl (C=O) groups excluding carboxylic acids is 2. The fourth-order valence-electron chi connectivity index (χ4n) is 3.59. The summed E-state index contributed by atoms with van der Waals surface area (Å²) in [5.74, 6) is 53.0. The van der Waals surface area contributed by atoms with Crippen molar-refractivity contribution < 1.29 is 81.1 Å². The molecule has 8 atom stereocenters. The Bertz CT molecular complexity index is 1920. The summed E-state index contributed by atoms with van der Waals surface area (Å²) >= 11 is 0. The molecule has 1 fully saturated rings. The number of rotatable bonds is 11. The zero-order valence-corrected chi connectivity index (χ0v) is 27.9. The van der Waals surface area contributed by atoms with Crippen molar-refractivity contribution in [3.63, 3.8) is 0 Å². The van der Waals surface area contributed by atoms with E-state index < -0.39 is 68.1 Å². The molecule has 11 nitrogen and oxygen atoms in total. The SMILES string of the molecule is C=O.CC#CC#CC#CC#CC#CC#CC#CC#CC#CC#CC#CC(=O)N[C@@H](CO[C@H]1OC(CO)[C@H](O)[C@H](O)C1O)[C@H](O)[C@H](O)CCCCC.[HH].[HH].[HH].[HH].[HH].[HH].[HH].[HH].[HH].[HH].[HH].[HH].[HH].[HH].[HH].[HH].[HH].[HH].[HH].[HH].[HH].[HH]. The molecule has 1 amide bonds. The van der Waals surface area contributed by atoms with Gasteiger partial charge in [-0.15, -0.1) is 0 Å². The van der Waals surface area contributed by atoms with Gasteiger partial charge in [-0.2, -0.15) is 0 Å². The van der Waals surface area contributed by atoms with Gasteiger partial charge in [0.25, 0.3) is 5.91 Å². The maximum atomic E-state index is 12.5. The van der Waals surface area contributed by atoms with Crippen LogP contribution in [0.25, 0.3) is 0 Å². The summed E-state index contributed by atoms with van der Waals surface area (Å²) in [7, 11) is 0. The molecule has 11 heteroatoms. The summed E-state index contributed by atoms with van der Waals surface area (Å²) in [5, 5.41) is 63.2. The Morgan fingerprint density at radius 1 is 0.745 bits per heavy atom. The number of hydrogen-bond acceptors (Lipinski definition) is 10. The van der Waals surface area contributed by atoms with Gasteiger partial charge >= 0.3 is 0 Å². The van der Waals surface area contributed by atoms with E-state index in [1.807, 2.05) is 13.7 Å². The lowest BCUT2D eigenvalue weighted by Crippen LogP contribution is -2.60. The average molecular weight is 734 g/mol. The van der Waals surface area contributed by atoms with E-state index in [1.54, 1.807) is 6.92 Å². The molecule has 0 spiro atoms. The molecule has 0 aromatic rings. The molecule has 0 radical (unpaired) electrons. The zero-order valence-electron chi connectivity index (χ0n) is 27.9. The Kier molecular flexibility index (Phi) is 26.5. The van der Waals surface area contributed by atoms with E-state index in [1.165, 1.54) is 0 Å². The lowest BCUT2D eigenvalue weighted by molar-refractivity contribution is -0.303. The average Bonchev–Trinajstić information content (AvgIpc) is 3.14. The molecule has 1 aliphatic rings. The van der Waals surface area contributed by atoms with E-state index in [-0.39, 0.29) is 37.8 Å². The second-order valence-corrected chi connectivity index (χ2v) is 9.54. The van der Waals surface area contributed by atoms with Crippen LogP contribution in [-0.2, 0) is 19.1 Å². The number of amides is 1. The van der Waals surface area contributed by atoms with Gasteiger partial charge in [0.15, 0.2) is 6.29 Å². The van der Waals surface area contributed by atoms with E-state index in [0.29, 0.717) is 6.42 Å². The van der Waals surface area contributed by atoms with E-state index in [2.05, 4.69) is 136 Å².